The maximum absolute atomic E-state index is 10.5. The zero-order chi connectivity index (χ0) is 16.5. The second-order valence-corrected chi connectivity index (χ2v) is 5.13. The number of para-hydroxylation sites is 1. The lowest BCUT2D eigenvalue weighted by atomic mass is 10.0. The monoisotopic (exact) mass is 304 g/mol. The van der Waals surface area contributed by atoms with E-state index in [9.17, 15) is 4.79 Å². The number of phenolic OH excluding ortho intramolecular Hbond substituents is 1. The Hall–Kier alpha value is -2.87. The number of carbonyl (C=O) groups excluding carboxylic acids is 1. The van der Waals surface area contributed by atoms with E-state index in [4.69, 9.17) is 5.11 Å². The lowest BCUT2D eigenvalue weighted by Gasteiger charge is -2.03. The van der Waals surface area contributed by atoms with Crippen molar-refractivity contribution in [1.82, 2.24) is 0 Å². The van der Waals surface area contributed by atoms with Crippen LogP contribution in [0.15, 0.2) is 78.9 Å². The van der Waals surface area contributed by atoms with Gasteiger partial charge >= 0.3 is 0 Å². The molecule has 0 aromatic heterocycles. The third-order valence-corrected chi connectivity index (χ3v) is 3.50. The Morgan fingerprint density at radius 1 is 0.783 bits per heavy atom. The molecule has 0 heterocycles. The number of aryl methyl sites for hydroxylation is 1. The minimum absolute atomic E-state index is 0.322. The molecule has 0 atom stereocenters. The van der Waals surface area contributed by atoms with E-state index in [0.29, 0.717) is 11.3 Å². The van der Waals surface area contributed by atoms with Crippen LogP contribution in [-0.4, -0.2) is 11.4 Å². The van der Waals surface area contributed by atoms with Crippen molar-refractivity contribution in [1.29, 1.82) is 0 Å². The number of phenols is 1. The van der Waals surface area contributed by atoms with Crippen molar-refractivity contribution in [2.24, 2.45) is 0 Å². The van der Waals surface area contributed by atoms with Crippen molar-refractivity contribution < 1.29 is 9.90 Å². The number of hydrogen-bond acceptors (Lipinski definition) is 2. The Morgan fingerprint density at radius 3 is 1.70 bits per heavy atom. The van der Waals surface area contributed by atoms with Crippen molar-refractivity contribution in [3.8, 4) is 16.9 Å². The topological polar surface area (TPSA) is 37.3 Å². The Morgan fingerprint density at radius 2 is 1.30 bits per heavy atom. The fourth-order valence-electron chi connectivity index (χ4n) is 2.12. The summed E-state index contributed by atoms with van der Waals surface area (Å²) < 4.78 is 0. The van der Waals surface area contributed by atoms with Gasteiger partial charge in [0.2, 0.25) is 0 Å². The summed E-state index contributed by atoms with van der Waals surface area (Å²) in [6.07, 6.45) is 1.92. The van der Waals surface area contributed by atoms with Gasteiger partial charge in [0.15, 0.2) is 0 Å². The molecule has 0 spiro atoms. The van der Waals surface area contributed by atoms with Crippen LogP contribution < -0.4 is 0 Å². The predicted octanol–water partition coefficient (Wildman–Crippen LogP) is 5.12. The van der Waals surface area contributed by atoms with E-state index < -0.39 is 0 Å². The van der Waals surface area contributed by atoms with Crippen LogP contribution in [-0.2, 0) is 6.42 Å². The first-order valence-electron chi connectivity index (χ1n) is 7.61. The first-order valence-corrected chi connectivity index (χ1v) is 7.61. The van der Waals surface area contributed by atoms with Crippen LogP contribution in [0.25, 0.3) is 11.1 Å². The molecule has 0 saturated heterocycles. The lowest BCUT2D eigenvalue weighted by molar-refractivity contribution is 0.112. The number of hydrogen-bond donors (Lipinski definition) is 1. The van der Waals surface area contributed by atoms with Crippen molar-refractivity contribution >= 4 is 6.29 Å². The predicted molar refractivity (Wildman–Crippen MR) is 94.8 cm³/mol. The number of aldehydes is 1. The summed E-state index contributed by atoms with van der Waals surface area (Å²) in [5, 5.41) is 8.63. The van der Waals surface area contributed by atoms with Gasteiger partial charge in [0, 0.05) is 5.56 Å². The van der Waals surface area contributed by atoms with E-state index in [1.807, 2.05) is 30.3 Å². The van der Waals surface area contributed by atoms with E-state index >= 15 is 0 Å². The summed E-state index contributed by atoms with van der Waals surface area (Å²) >= 11 is 0. The van der Waals surface area contributed by atoms with Crippen LogP contribution in [0.2, 0.25) is 0 Å². The highest BCUT2D eigenvalue weighted by atomic mass is 16.3. The quantitative estimate of drug-likeness (QED) is 0.682. The third kappa shape index (κ3) is 5.11. The molecule has 0 aliphatic heterocycles. The molecule has 3 aromatic rings. The standard InChI is InChI=1S/C15H14O.C6H6O/c1-2-12-3-7-14(8-4-12)15-9-5-13(11-16)6-10-15;7-6-4-2-1-3-5-6/h3-11H,2H2,1H3;1-5,7H. The van der Waals surface area contributed by atoms with Crippen LogP contribution >= 0.6 is 0 Å². The first-order chi connectivity index (χ1) is 11.2. The van der Waals surface area contributed by atoms with Crippen LogP contribution in [0.1, 0.15) is 22.8 Å². The van der Waals surface area contributed by atoms with Gasteiger partial charge in [0.05, 0.1) is 0 Å². The van der Waals surface area contributed by atoms with Gasteiger partial charge in [-0.15, -0.1) is 0 Å². The second kappa shape index (κ2) is 8.54. The summed E-state index contributed by atoms with van der Waals surface area (Å²) in [5.74, 6) is 0.322. The highest BCUT2D eigenvalue weighted by Gasteiger charge is 1.97. The van der Waals surface area contributed by atoms with Gasteiger partial charge < -0.3 is 5.11 Å². The van der Waals surface area contributed by atoms with Crippen LogP contribution in [0, 0.1) is 0 Å². The molecule has 1 N–H and O–H groups in total. The summed E-state index contributed by atoms with van der Waals surface area (Å²) in [5.41, 5.74) is 4.39. The van der Waals surface area contributed by atoms with E-state index in [1.54, 1.807) is 24.3 Å². The van der Waals surface area contributed by atoms with Gasteiger partial charge in [0.25, 0.3) is 0 Å². The number of carbonyl (C=O) groups is 1. The van der Waals surface area contributed by atoms with Gasteiger partial charge in [0.1, 0.15) is 12.0 Å². The van der Waals surface area contributed by atoms with E-state index in [-0.39, 0.29) is 0 Å². The van der Waals surface area contributed by atoms with E-state index in [2.05, 4.69) is 31.2 Å². The fourth-order valence-corrected chi connectivity index (χ4v) is 2.12. The smallest absolute Gasteiger partial charge is 0.150 e. The average molecular weight is 304 g/mol. The lowest BCUT2D eigenvalue weighted by Crippen LogP contribution is -1.83. The molecule has 2 nitrogen and oxygen atoms in total. The molecule has 0 unspecified atom stereocenters. The summed E-state index contributed by atoms with van der Waals surface area (Å²) in [6, 6.07) is 24.9. The minimum Gasteiger partial charge on any atom is -0.508 e. The van der Waals surface area contributed by atoms with Crippen LogP contribution in [0.4, 0.5) is 0 Å². The third-order valence-electron chi connectivity index (χ3n) is 3.50. The molecule has 0 fully saturated rings. The largest absolute Gasteiger partial charge is 0.508 e. The van der Waals surface area contributed by atoms with Gasteiger partial charge in [-0.1, -0.05) is 73.7 Å². The SMILES string of the molecule is CCc1ccc(-c2ccc(C=O)cc2)cc1.Oc1ccccc1. The van der Waals surface area contributed by atoms with Crippen molar-refractivity contribution in [3.63, 3.8) is 0 Å². The maximum Gasteiger partial charge on any atom is 0.150 e. The highest BCUT2D eigenvalue weighted by molar-refractivity contribution is 5.76. The van der Waals surface area contributed by atoms with Gasteiger partial charge in [-0.3, -0.25) is 4.79 Å². The van der Waals surface area contributed by atoms with E-state index in [0.717, 1.165) is 18.3 Å². The minimum atomic E-state index is 0.322. The van der Waals surface area contributed by atoms with Gasteiger partial charge in [-0.2, -0.15) is 0 Å². The van der Waals surface area contributed by atoms with Crippen LogP contribution in [0.5, 0.6) is 5.75 Å². The van der Waals surface area contributed by atoms with E-state index in [1.165, 1.54) is 11.1 Å². The molecule has 0 aliphatic carbocycles. The summed E-state index contributed by atoms with van der Waals surface area (Å²) in [4.78, 5) is 10.5. The molecule has 23 heavy (non-hydrogen) atoms. The molecule has 3 aromatic carbocycles. The Balaban J connectivity index is 0.000000229. The van der Waals surface area contributed by atoms with Gasteiger partial charge in [-0.05, 0) is 35.2 Å². The molecular weight excluding hydrogens is 284 g/mol. The molecule has 116 valence electrons. The Kier molecular flexibility index (Phi) is 6.13. The molecule has 0 bridgehead atoms. The van der Waals surface area contributed by atoms with Crippen LogP contribution in [0.3, 0.4) is 0 Å². The Labute approximate surface area is 137 Å². The molecule has 0 amide bonds. The normalized spacial score (nSPS) is 9.61. The molecule has 2 heteroatoms. The highest BCUT2D eigenvalue weighted by Crippen LogP contribution is 2.20. The number of aromatic hydroxyl groups is 1. The number of benzene rings is 3. The summed E-state index contributed by atoms with van der Waals surface area (Å²) in [7, 11) is 0. The summed E-state index contributed by atoms with van der Waals surface area (Å²) in [6.45, 7) is 2.15. The zero-order valence-corrected chi connectivity index (χ0v) is 13.1. The zero-order valence-electron chi connectivity index (χ0n) is 13.1. The molecule has 3 rings (SSSR count). The molecule has 0 saturated carbocycles. The number of rotatable bonds is 3. The van der Waals surface area contributed by atoms with Gasteiger partial charge in [-0.25, -0.2) is 0 Å². The average Bonchev–Trinajstić information content (AvgIpc) is 2.63. The van der Waals surface area contributed by atoms with Crippen molar-refractivity contribution in [3.05, 3.63) is 90.0 Å². The molecular formula is C21H20O2. The van der Waals surface area contributed by atoms with Crippen molar-refractivity contribution in [2.75, 3.05) is 0 Å². The first kappa shape index (κ1) is 16.5. The Bertz CT molecular complexity index is 714. The fraction of sp³-hybridized carbons (Fsp3) is 0.0952. The molecule has 0 aliphatic rings. The molecule has 0 radical (unpaired) electrons. The van der Waals surface area contributed by atoms with Crippen molar-refractivity contribution in [2.45, 2.75) is 13.3 Å². The maximum atomic E-state index is 10.5. The second-order valence-electron chi connectivity index (χ2n) is 5.13.